The van der Waals surface area contributed by atoms with Gasteiger partial charge in [0.2, 0.25) is 0 Å². The van der Waals surface area contributed by atoms with E-state index in [-0.39, 0.29) is 30.2 Å². The highest BCUT2D eigenvalue weighted by Crippen LogP contribution is 2.44. The molecule has 1 fully saturated rings. The molecule has 2 aromatic rings. The van der Waals surface area contributed by atoms with Crippen LogP contribution in [0.25, 0.3) is 11.1 Å². The molecule has 7 heteroatoms. The number of hydrogen-bond acceptors (Lipinski definition) is 4. The van der Waals surface area contributed by atoms with Gasteiger partial charge in [0.25, 0.3) is 0 Å². The van der Waals surface area contributed by atoms with E-state index in [9.17, 15) is 0 Å². The van der Waals surface area contributed by atoms with E-state index in [1.165, 1.54) is 0 Å². The summed E-state index contributed by atoms with van der Waals surface area (Å²) in [5.41, 5.74) is 7.68. The average molecular weight is 363 g/mol. The van der Waals surface area contributed by atoms with Crippen LogP contribution in [0.4, 0.5) is 0 Å². The van der Waals surface area contributed by atoms with Gasteiger partial charge >= 0.3 is 0 Å². The third kappa shape index (κ3) is 4.23. The Morgan fingerprint density at radius 3 is 2.64 bits per heavy atom. The zero-order valence-corrected chi connectivity index (χ0v) is 14.3. The number of pyridine rings is 2. The van der Waals surface area contributed by atoms with E-state index in [2.05, 4.69) is 9.97 Å². The molecule has 2 N–H and O–H groups in total. The maximum atomic E-state index is 6.15. The summed E-state index contributed by atoms with van der Waals surface area (Å²) in [6, 6.07) is 5.72. The van der Waals surface area contributed by atoms with Crippen molar-refractivity contribution in [2.75, 3.05) is 13.2 Å². The van der Waals surface area contributed by atoms with Crippen LogP contribution in [0.15, 0.2) is 36.8 Å². The molecule has 3 rings (SSSR count). The van der Waals surface area contributed by atoms with Gasteiger partial charge in [0.1, 0.15) is 10.9 Å². The largest absolute Gasteiger partial charge is 0.491 e. The van der Waals surface area contributed by atoms with Gasteiger partial charge in [-0.1, -0.05) is 17.7 Å². The van der Waals surface area contributed by atoms with Gasteiger partial charge in [-0.2, -0.15) is 0 Å². The lowest BCUT2D eigenvalue weighted by atomic mass is 10.1. The van der Waals surface area contributed by atoms with E-state index >= 15 is 0 Å². The average Bonchev–Trinajstić information content (AvgIpc) is 3.28. The number of nitrogens with zero attached hydrogens (tertiary/aromatic N) is 2. The molecule has 0 radical (unpaired) electrons. The molecule has 0 saturated heterocycles. The van der Waals surface area contributed by atoms with Crippen LogP contribution in [0.2, 0.25) is 5.15 Å². The summed E-state index contributed by atoms with van der Waals surface area (Å²) in [5, 5.41) is 0.449. The lowest BCUT2D eigenvalue weighted by Gasteiger charge is -2.14. The molecule has 22 heavy (non-hydrogen) atoms. The highest BCUT2D eigenvalue weighted by molar-refractivity contribution is 6.32. The van der Waals surface area contributed by atoms with Crippen LogP contribution in [0, 0.1) is 5.41 Å². The van der Waals surface area contributed by atoms with E-state index in [0.29, 0.717) is 24.1 Å². The van der Waals surface area contributed by atoms with E-state index in [1.54, 1.807) is 18.6 Å². The van der Waals surface area contributed by atoms with Gasteiger partial charge < -0.3 is 10.5 Å². The Morgan fingerprint density at radius 2 is 2.05 bits per heavy atom. The van der Waals surface area contributed by atoms with Crippen molar-refractivity contribution in [1.29, 1.82) is 0 Å². The van der Waals surface area contributed by atoms with Gasteiger partial charge in [-0.15, -0.1) is 24.8 Å². The molecule has 0 spiro atoms. The van der Waals surface area contributed by atoms with Gasteiger partial charge in [0.15, 0.2) is 0 Å². The molecule has 0 aliphatic heterocycles. The molecule has 1 aliphatic carbocycles. The number of rotatable bonds is 5. The second-order valence-electron chi connectivity index (χ2n) is 5.24. The van der Waals surface area contributed by atoms with E-state index in [1.807, 2.05) is 18.2 Å². The molecule has 1 saturated carbocycles. The summed E-state index contributed by atoms with van der Waals surface area (Å²) in [6.07, 6.45) is 7.41. The Morgan fingerprint density at radius 1 is 1.27 bits per heavy atom. The van der Waals surface area contributed by atoms with Gasteiger partial charge in [-0.3, -0.25) is 4.98 Å². The fraction of sp³-hybridized carbons (Fsp3) is 0.333. The van der Waals surface area contributed by atoms with Crippen LogP contribution >= 0.6 is 36.4 Å². The van der Waals surface area contributed by atoms with Crippen molar-refractivity contribution in [3.8, 4) is 16.9 Å². The molecule has 0 unspecified atom stereocenters. The second kappa shape index (κ2) is 7.97. The Kier molecular flexibility index (Phi) is 6.88. The summed E-state index contributed by atoms with van der Waals surface area (Å²) < 4.78 is 5.82. The minimum atomic E-state index is 0. The van der Waals surface area contributed by atoms with E-state index < -0.39 is 0 Å². The molecule has 0 atom stereocenters. The zero-order chi connectivity index (χ0) is 14.0. The SMILES string of the molecule is Cl.Cl.NCC1(COc2cnc(Cl)c(-c3cccnc3)c2)CC1. The Hall–Kier alpha value is -1.07. The molecule has 0 amide bonds. The molecule has 2 heterocycles. The van der Waals surface area contributed by atoms with Crippen molar-refractivity contribution in [2.24, 2.45) is 11.1 Å². The van der Waals surface area contributed by atoms with Crippen molar-refractivity contribution in [1.82, 2.24) is 9.97 Å². The van der Waals surface area contributed by atoms with Crippen molar-refractivity contribution in [2.45, 2.75) is 12.8 Å². The summed E-state index contributed by atoms with van der Waals surface area (Å²) in [6.45, 7) is 1.31. The summed E-state index contributed by atoms with van der Waals surface area (Å²) in [7, 11) is 0. The second-order valence-corrected chi connectivity index (χ2v) is 5.60. The summed E-state index contributed by atoms with van der Waals surface area (Å²) >= 11 is 6.15. The maximum absolute atomic E-state index is 6.15. The molecule has 120 valence electrons. The Balaban J connectivity index is 0.00000121. The van der Waals surface area contributed by atoms with Crippen LogP contribution in [-0.2, 0) is 0 Å². The first-order valence-corrected chi connectivity index (χ1v) is 6.99. The monoisotopic (exact) mass is 361 g/mol. The number of aromatic nitrogens is 2. The van der Waals surface area contributed by atoms with Crippen molar-refractivity contribution in [3.05, 3.63) is 41.9 Å². The first-order chi connectivity index (χ1) is 9.72. The molecular weight excluding hydrogens is 345 g/mol. The highest BCUT2D eigenvalue weighted by Gasteiger charge is 2.42. The van der Waals surface area contributed by atoms with Crippen LogP contribution in [0.1, 0.15) is 12.8 Å². The first kappa shape index (κ1) is 19.0. The van der Waals surface area contributed by atoms with Crippen molar-refractivity contribution >= 4 is 36.4 Å². The normalized spacial score (nSPS) is 14.5. The standard InChI is InChI=1S/C15H16ClN3O.2ClH/c16-14-13(11-2-1-5-18-7-11)6-12(8-19-14)20-10-15(9-17)3-4-15;;/h1-2,5-8H,3-4,9-10,17H2;2*1H. The van der Waals surface area contributed by atoms with Crippen LogP contribution in [0.3, 0.4) is 0 Å². The zero-order valence-electron chi connectivity index (χ0n) is 11.9. The van der Waals surface area contributed by atoms with Crippen molar-refractivity contribution in [3.63, 3.8) is 0 Å². The van der Waals surface area contributed by atoms with Gasteiger partial charge in [-0.05, 0) is 25.0 Å². The summed E-state index contributed by atoms with van der Waals surface area (Å²) in [4.78, 5) is 8.28. The minimum absolute atomic E-state index is 0. The quantitative estimate of drug-likeness (QED) is 0.823. The Labute approximate surface area is 147 Å². The van der Waals surface area contributed by atoms with Crippen LogP contribution < -0.4 is 10.5 Å². The molecule has 2 aromatic heterocycles. The topological polar surface area (TPSA) is 61.0 Å². The smallest absolute Gasteiger partial charge is 0.138 e. The highest BCUT2D eigenvalue weighted by atomic mass is 35.5. The molecular formula is C15H18Cl3N3O. The lowest BCUT2D eigenvalue weighted by Crippen LogP contribution is -2.22. The molecule has 4 nitrogen and oxygen atoms in total. The van der Waals surface area contributed by atoms with Crippen molar-refractivity contribution < 1.29 is 4.74 Å². The molecule has 1 aliphatic rings. The number of nitrogens with two attached hydrogens (primary N) is 1. The van der Waals surface area contributed by atoms with Crippen LogP contribution in [0.5, 0.6) is 5.75 Å². The minimum Gasteiger partial charge on any atom is -0.491 e. The fourth-order valence-electron chi connectivity index (χ4n) is 2.05. The third-order valence-corrected chi connectivity index (χ3v) is 4.02. The van der Waals surface area contributed by atoms with Gasteiger partial charge in [0, 0.05) is 35.5 Å². The van der Waals surface area contributed by atoms with Gasteiger partial charge in [-0.25, -0.2) is 4.98 Å². The number of hydrogen-bond donors (Lipinski definition) is 1. The molecule has 0 bridgehead atoms. The first-order valence-electron chi connectivity index (χ1n) is 6.61. The van der Waals surface area contributed by atoms with Gasteiger partial charge in [0.05, 0.1) is 12.8 Å². The third-order valence-electron chi connectivity index (χ3n) is 3.72. The number of halogens is 3. The Bertz CT molecular complexity index is 606. The fourth-order valence-corrected chi connectivity index (χ4v) is 2.27. The molecule has 0 aromatic carbocycles. The predicted octanol–water partition coefficient (Wildman–Crippen LogP) is 3.76. The lowest BCUT2D eigenvalue weighted by molar-refractivity contribution is 0.238. The maximum Gasteiger partial charge on any atom is 0.138 e. The van der Waals surface area contributed by atoms with E-state index in [4.69, 9.17) is 22.1 Å². The predicted molar refractivity (Wildman–Crippen MR) is 93.2 cm³/mol. The van der Waals surface area contributed by atoms with E-state index in [0.717, 1.165) is 24.0 Å². The number of ether oxygens (including phenoxy) is 1. The summed E-state index contributed by atoms with van der Waals surface area (Å²) in [5.74, 6) is 0.716. The van der Waals surface area contributed by atoms with Crippen LogP contribution in [-0.4, -0.2) is 23.1 Å².